The van der Waals surface area contributed by atoms with E-state index < -0.39 is 28.7 Å². The summed E-state index contributed by atoms with van der Waals surface area (Å²) in [5, 5.41) is 5.34. The van der Waals surface area contributed by atoms with E-state index in [2.05, 4.69) is 20.6 Å². The minimum absolute atomic E-state index is 0.107. The summed E-state index contributed by atoms with van der Waals surface area (Å²) in [6.45, 7) is 0.414. The molecule has 1 saturated heterocycles. The number of alkyl halides is 3. The topological polar surface area (TPSA) is 69.8 Å². The largest absolute Gasteiger partial charge is 0.394 e. The molecule has 0 unspecified atom stereocenters. The number of hydrogen-bond acceptors (Lipinski definition) is 5. The first kappa shape index (κ1) is 21.4. The number of hydrogen-bond donors (Lipinski definition) is 3. The van der Waals surface area contributed by atoms with Gasteiger partial charge in [-0.15, -0.1) is 11.8 Å². The zero-order chi connectivity index (χ0) is 21.3. The number of piperidine rings is 1. The summed E-state index contributed by atoms with van der Waals surface area (Å²) in [6.07, 6.45) is 0.392. The van der Waals surface area contributed by atoms with E-state index >= 15 is 0 Å². The molecule has 0 spiro atoms. The lowest BCUT2D eigenvalue weighted by atomic mass is 9.98. The zero-order valence-corrected chi connectivity index (χ0v) is 17.1. The van der Waals surface area contributed by atoms with Gasteiger partial charge in [0.15, 0.2) is 0 Å². The van der Waals surface area contributed by atoms with Crippen LogP contribution in [0.5, 0.6) is 0 Å². The fourth-order valence-corrected chi connectivity index (χ4v) is 5.55. The average Bonchev–Trinajstić information content (AvgIpc) is 3.18. The molecule has 2 atom stereocenters. The molecule has 3 N–H and O–H groups in total. The van der Waals surface area contributed by atoms with E-state index in [0.717, 1.165) is 37.4 Å². The monoisotopic (exact) mass is 444 g/mol. The number of benzene rings is 1. The summed E-state index contributed by atoms with van der Waals surface area (Å²) in [4.78, 5) is 19.3. The smallest absolute Gasteiger partial charge is 0.382 e. The summed E-state index contributed by atoms with van der Waals surface area (Å²) in [7, 11) is 0. The molecule has 1 aromatic carbocycles. The molecule has 2 aliphatic rings. The van der Waals surface area contributed by atoms with Gasteiger partial charge in [-0.3, -0.25) is 4.79 Å². The highest BCUT2D eigenvalue weighted by Crippen LogP contribution is 2.38. The Kier molecular flexibility index (Phi) is 6.24. The van der Waals surface area contributed by atoms with Crippen LogP contribution in [0.4, 0.5) is 23.2 Å². The lowest BCUT2D eigenvalue weighted by molar-refractivity contribution is -0.176. The zero-order valence-electron chi connectivity index (χ0n) is 16.3. The quantitative estimate of drug-likeness (QED) is 0.604. The Morgan fingerprint density at radius 1 is 1.20 bits per heavy atom. The number of fused-ring (bicyclic) bond motifs is 1. The number of nitrogens with one attached hydrogen (secondary N) is 3. The molecule has 30 heavy (non-hydrogen) atoms. The first-order valence-electron chi connectivity index (χ1n) is 10.2. The molecule has 1 saturated carbocycles. The van der Waals surface area contributed by atoms with Gasteiger partial charge in [0.25, 0.3) is 5.56 Å². The first-order valence-corrected chi connectivity index (χ1v) is 11.2. The van der Waals surface area contributed by atoms with Gasteiger partial charge < -0.3 is 15.6 Å². The Bertz CT molecular complexity index is 958. The highest BCUT2D eigenvalue weighted by Gasteiger charge is 2.45. The summed E-state index contributed by atoms with van der Waals surface area (Å²) >= 11 is 1.14. The summed E-state index contributed by atoms with van der Waals surface area (Å²) in [5.41, 5.74) is 0.171. The van der Waals surface area contributed by atoms with Crippen LogP contribution in [0.2, 0.25) is 0 Å². The van der Waals surface area contributed by atoms with E-state index in [1.54, 1.807) is 6.07 Å². The maximum absolute atomic E-state index is 14.5. The van der Waals surface area contributed by atoms with Crippen LogP contribution >= 0.6 is 11.8 Å². The molecule has 164 valence electrons. The predicted octanol–water partition coefficient (Wildman–Crippen LogP) is 4.19. The second-order valence-corrected chi connectivity index (χ2v) is 9.21. The number of thioether (sulfide) groups is 1. The number of aromatic amines is 1. The molecule has 2 heterocycles. The molecule has 1 aromatic heterocycles. The number of nitrogens with zero attached hydrogens (tertiary/aromatic N) is 1. The van der Waals surface area contributed by atoms with Gasteiger partial charge in [0.05, 0.1) is 17.2 Å². The third kappa shape index (κ3) is 4.74. The molecular weight excluding hydrogens is 420 g/mol. The lowest BCUT2D eigenvalue weighted by Gasteiger charge is -2.33. The number of anilines is 1. The lowest BCUT2D eigenvalue weighted by Crippen LogP contribution is -2.46. The highest BCUT2D eigenvalue weighted by molar-refractivity contribution is 7.99. The number of H-pyrrole nitrogens is 1. The van der Waals surface area contributed by atoms with Crippen molar-refractivity contribution in [2.45, 2.75) is 55.3 Å². The van der Waals surface area contributed by atoms with Crippen molar-refractivity contribution < 1.29 is 17.6 Å². The third-order valence-corrected chi connectivity index (χ3v) is 7.24. The maximum atomic E-state index is 14.5. The van der Waals surface area contributed by atoms with Crippen molar-refractivity contribution in [3.8, 4) is 0 Å². The molecule has 4 rings (SSSR count). The van der Waals surface area contributed by atoms with Crippen LogP contribution in [0.25, 0.3) is 10.9 Å². The van der Waals surface area contributed by atoms with Crippen LogP contribution in [-0.2, 0) is 5.75 Å². The van der Waals surface area contributed by atoms with Gasteiger partial charge >= 0.3 is 6.18 Å². The van der Waals surface area contributed by atoms with E-state index in [4.69, 9.17) is 0 Å². The molecule has 2 fully saturated rings. The highest BCUT2D eigenvalue weighted by atomic mass is 32.2. The van der Waals surface area contributed by atoms with Crippen LogP contribution < -0.4 is 16.2 Å². The molecule has 0 radical (unpaired) electrons. The van der Waals surface area contributed by atoms with Crippen LogP contribution in [0.1, 0.15) is 37.9 Å². The van der Waals surface area contributed by atoms with Crippen molar-refractivity contribution in [1.82, 2.24) is 15.3 Å². The van der Waals surface area contributed by atoms with E-state index in [1.165, 1.54) is 6.07 Å². The normalized spacial score (nSPS) is 23.2. The van der Waals surface area contributed by atoms with Crippen molar-refractivity contribution in [2.75, 3.05) is 18.4 Å². The SMILES string of the molecule is O=c1[nH]c(CS[C@H]2CCNC[C@@H]2C(F)(F)F)nc2cc(NC3CCCC3)cc(F)c12. The summed E-state index contributed by atoms with van der Waals surface area (Å²) < 4.78 is 54.3. The number of halogens is 4. The van der Waals surface area contributed by atoms with Crippen molar-refractivity contribution in [2.24, 2.45) is 5.92 Å². The molecule has 1 aliphatic carbocycles. The van der Waals surface area contributed by atoms with Gasteiger partial charge in [0.1, 0.15) is 17.0 Å². The number of aromatic nitrogens is 2. The van der Waals surface area contributed by atoms with Gasteiger partial charge in [-0.2, -0.15) is 13.2 Å². The second-order valence-electron chi connectivity index (χ2n) is 7.98. The molecule has 10 heteroatoms. The Labute approximate surface area is 175 Å². The van der Waals surface area contributed by atoms with Crippen LogP contribution in [0.15, 0.2) is 16.9 Å². The van der Waals surface area contributed by atoms with Crippen LogP contribution in [0, 0.1) is 11.7 Å². The van der Waals surface area contributed by atoms with Crippen LogP contribution in [-0.4, -0.2) is 40.5 Å². The summed E-state index contributed by atoms with van der Waals surface area (Å²) in [5.74, 6) is -1.71. The predicted molar refractivity (Wildman–Crippen MR) is 110 cm³/mol. The third-order valence-electron chi connectivity index (χ3n) is 5.81. The van der Waals surface area contributed by atoms with E-state index in [9.17, 15) is 22.4 Å². The van der Waals surface area contributed by atoms with Crippen molar-refractivity contribution in [3.05, 3.63) is 34.1 Å². The minimum Gasteiger partial charge on any atom is -0.382 e. The van der Waals surface area contributed by atoms with Crippen LogP contribution in [0.3, 0.4) is 0 Å². The van der Waals surface area contributed by atoms with Crippen molar-refractivity contribution >= 4 is 28.4 Å². The molecule has 2 aromatic rings. The van der Waals surface area contributed by atoms with E-state index in [0.29, 0.717) is 18.7 Å². The van der Waals surface area contributed by atoms with Gasteiger partial charge in [0, 0.05) is 23.5 Å². The van der Waals surface area contributed by atoms with Gasteiger partial charge in [0.2, 0.25) is 0 Å². The molecule has 1 aliphatic heterocycles. The van der Waals surface area contributed by atoms with E-state index in [-0.39, 0.29) is 35.1 Å². The average molecular weight is 444 g/mol. The Hall–Kier alpha value is -1.81. The Morgan fingerprint density at radius 2 is 1.97 bits per heavy atom. The second kappa shape index (κ2) is 8.74. The molecular formula is C20H24F4N4OS. The number of rotatable bonds is 5. The fourth-order valence-electron chi connectivity index (χ4n) is 4.28. The maximum Gasteiger partial charge on any atom is 0.394 e. The van der Waals surface area contributed by atoms with Gasteiger partial charge in [-0.05, 0) is 37.9 Å². The first-order chi connectivity index (χ1) is 14.3. The Morgan fingerprint density at radius 3 is 2.70 bits per heavy atom. The fraction of sp³-hybridized carbons (Fsp3) is 0.600. The van der Waals surface area contributed by atoms with E-state index in [1.807, 2.05) is 0 Å². The van der Waals surface area contributed by atoms with Gasteiger partial charge in [-0.1, -0.05) is 12.8 Å². The Balaban J connectivity index is 1.54. The summed E-state index contributed by atoms with van der Waals surface area (Å²) in [6, 6.07) is 3.22. The molecule has 0 amide bonds. The van der Waals surface area contributed by atoms with Crippen molar-refractivity contribution in [3.63, 3.8) is 0 Å². The van der Waals surface area contributed by atoms with Crippen molar-refractivity contribution in [1.29, 1.82) is 0 Å². The molecule has 5 nitrogen and oxygen atoms in total. The van der Waals surface area contributed by atoms with Gasteiger partial charge in [-0.25, -0.2) is 9.37 Å². The standard InChI is InChI=1S/C20H24F4N4OS/c21-14-7-12(26-11-3-1-2-4-11)8-15-18(14)19(29)28-17(27-15)10-30-16-5-6-25-9-13(16)20(22,23)24/h7-8,11,13,16,25-26H,1-6,9-10H2,(H,27,28,29)/t13-,16-/m0/s1. The minimum atomic E-state index is -4.28. The molecule has 0 bridgehead atoms.